The second kappa shape index (κ2) is 7.05. The van der Waals surface area contributed by atoms with Gasteiger partial charge in [0, 0.05) is 4.90 Å². The molecule has 114 valence electrons. The maximum absolute atomic E-state index is 2.54. The van der Waals surface area contributed by atoms with Crippen LogP contribution in [-0.2, 0) is 0 Å². The average molecular weight is 301 g/mol. The number of rotatable bonds is 3. The van der Waals surface area contributed by atoms with Crippen LogP contribution in [0, 0.1) is 29.6 Å². The summed E-state index contributed by atoms with van der Waals surface area (Å²) in [5.41, 5.74) is 0. The summed E-state index contributed by atoms with van der Waals surface area (Å²) in [6.45, 7) is 4.96. The molecule has 2 aliphatic carbocycles. The van der Waals surface area contributed by atoms with Crippen LogP contribution in [0.3, 0.4) is 0 Å². The topological polar surface area (TPSA) is 0 Å². The van der Waals surface area contributed by atoms with Gasteiger partial charge in [-0.2, -0.15) is 0 Å². The summed E-state index contributed by atoms with van der Waals surface area (Å²) in [4.78, 5) is 1.35. The smallest absolute Gasteiger partial charge is 0.0116 e. The maximum atomic E-state index is 2.54. The molecule has 21 heavy (non-hydrogen) atoms. The molecule has 2 aliphatic rings. The molecule has 5 unspecified atom stereocenters. The molecule has 0 nitrogen and oxygen atoms in total. The molecule has 0 heterocycles. The summed E-state index contributed by atoms with van der Waals surface area (Å²) in [5.74, 6) is 4.57. The molecule has 0 aromatic heterocycles. The summed E-state index contributed by atoms with van der Waals surface area (Å²) in [6, 6.07) is 10.7. The molecular formula is C20H28S. The molecule has 1 aromatic rings. The van der Waals surface area contributed by atoms with Crippen molar-refractivity contribution in [3.05, 3.63) is 41.8 Å². The van der Waals surface area contributed by atoms with E-state index in [1.807, 2.05) is 11.8 Å². The number of fused-ring (bicyclic) bond motifs is 1. The van der Waals surface area contributed by atoms with Gasteiger partial charge in [-0.05, 0) is 66.4 Å². The number of thioether (sulfide) groups is 1. The molecular weight excluding hydrogens is 272 g/mol. The Morgan fingerprint density at radius 1 is 0.905 bits per heavy atom. The van der Waals surface area contributed by atoms with E-state index in [0.717, 1.165) is 29.6 Å². The van der Waals surface area contributed by atoms with Crippen molar-refractivity contribution in [1.29, 1.82) is 0 Å². The summed E-state index contributed by atoms with van der Waals surface area (Å²) in [6.07, 6.45) is 9.82. The van der Waals surface area contributed by atoms with Crippen molar-refractivity contribution in [3.8, 4) is 0 Å². The Morgan fingerprint density at radius 3 is 2.52 bits per heavy atom. The van der Waals surface area contributed by atoms with Crippen LogP contribution in [0.15, 0.2) is 46.7 Å². The van der Waals surface area contributed by atoms with Crippen LogP contribution in [0.4, 0.5) is 0 Å². The van der Waals surface area contributed by atoms with Crippen LogP contribution in [0.2, 0.25) is 0 Å². The van der Waals surface area contributed by atoms with Gasteiger partial charge in [0.25, 0.3) is 0 Å². The Hall–Kier alpha value is -0.690. The third kappa shape index (κ3) is 3.56. The normalized spacial score (nSPS) is 36.6. The molecule has 1 aromatic carbocycles. The maximum Gasteiger partial charge on any atom is 0.0116 e. The minimum Gasteiger partial charge on any atom is -0.0984 e. The van der Waals surface area contributed by atoms with Crippen molar-refractivity contribution in [2.24, 2.45) is 29.6 Å². The fraction of sp³-hybridized carbons (Fsp3) is 0.600. The van der Waals surface area contributed by atoms with Crippen LogP contribution in [0.1, 0.15) is 46.0 Å². The molecule has 0 radical (unpaired) electrons. The largest absolute Gasteiger partial charge is 0.0984 e. The van der Waals surface area contributed by atoms with Crippen LogP contribution >= 0.6 is 11.8 Å². The number of allylic oxidation sites excluding steroid dienone is 1. The van der Waals surface area contributed by atoms with Crippen molar-refractivity contribution >= 4 is 11.8 Å². The quantitative estimate of drug-likeness (QED) is 0.583. The minimum atomic E-state index is 0.808. The molecule has 1 heteroatoms. The predicted molar refractivity (Wildman–Crippen MR) is 93.3 cm³/mol. The highest BCUT2D eigenvalue weighted by Gasteiger charge is 2.40. The number of hydrogen-bond acceptors (Lipinski definition) is 1. The highest BCUT2D eigenvalue weighted by molar-refractivity contribution is 8.02. The van der Waals surface area contributed by atoms with E-state index in [-0.39, 0.29) is 0 Å². The van der Waals surface area contributed by atoms with Crippen molar-refractivity contribution in [1.82, 2.24) is 0 Å². The first-order chi connectivity index (χ1) is 10.3. The zero-order valence-corrected chi connectivity index (χ0v) is 14.2. The fourth-order valence-corrected chi connectivity index (χ4v) is 5.34. The molecule has 0 amide bonds. The van der Waals surface area contributed by atoms with E-state index >= 15 is 0 Å². The van der Waals surface area contributed by atoms with Gasteiger partial charge in [-0.15, -0.1) is 0 Å². The van der Waals surface area contributed by atoms with Gasteiger partial charge < -0.3 is 0 Å². The number of benzene rings is 1. The van der Waals surface area contributed by atoms with E-state index in [1.165, 1.54) is 37.0 Å². The standard InChI is InChI=1S/C20H28S/c1-15-7-6-10-20-18(15)12-11-16(2)19(20)13-14-21-17-8-4-3-5-9-17/h3-5,8-9,13-16,18-20H,6-7,10-12H2,1-2H3/b14-13+. The molecule has 3 rings (SSSR count). The summed E-state index contributed by atoms with van der Waals surface area (Å²) in [5, 5.41) is 2.36. The summed E-state index contributed by atoms with van der Waals surface area (Å²) < 4.78 is 0. The van der Waals surface area contributed by atoms with Crippen LogP contribution in [0.5, 0.6) is 0 Å². The van der Waals surface area contributed by atoms with Crippen molar-refractivity contribution in [2.75, 3.05) is 0 Å². The monoisotopic (exact) mass is 300 g/mol. The molecule has 0 N–H and O–H groups in total. The third-order valence-electron chi connectivity index (χ3n) is 5.83. The zero-order valence-electron chi connectivity index (χ0n) is 13.4. The fourth-order valence-electron chi connectivity index (χ4n) is 4.61. The van der Waals surface area contributed by atoms with Crippen molar-refractivity contribution in [2.45, 2.75) is 50.8 Å². The van der Waals surface area contributed by atoms with Gasteiger partial charge >= 0.3 is 0 Å². The first-order valence-corrected chi connectivity index (χ1v) is 9.52. The molecule has 2 saturated carbocycles. The lowest BCUT2D eigenvalue weighted by atomic mass is 9.59. The van der Waals surface area contributed by atoms with E-state index in [9.17, 15) is 0 Å². The van der Waals surface area contributed by atoms with Gasteiger partial charge in [-0.25, -0.2) is 0 Å². The van der Waals surface area contributed by atoms with E-state index in [1.54, 1.807) is 0 Å². The van der Waals surface area contributed by atoms with Crippen LogP contribution in [0.25, 0.3) is 0 Å². The van der Waals surface area contributed by atoms with Gasteiger partial charge in [0.15, 0.2) is 0 Å². The lowest BCUT2D eigenvalue weighted by Crippen LogP contribution is -2.38. The van der Waals surface area contributed by atoms with Gasteiger partial charge in [-0.3, -0.25) is 0 Å². The summed E-state index contributed by atoms with van der Waals surface area (Å²) >= 11 is 1.88. The molecule has 5 atom stereocenters. The van der Waals surface area contributed by atoms with Gasteiger partial charge in [0.05, 0.1) is 0 Å². The Balaban J connectivity index is 1.67. The molecule has 0 bridgehead atoms. The highest BCUT2D eigenvalue weighted by Crippen LogP contribution is 2.49. The number of hydrogen-bond donors (Lipinski definition) is 0. The van der Waals surface area contributed by atoms with Crippen LogP contribution < -0.4 is 0 Å². The SMILES string of the molecule is CC1CCC2C(C)CCCC2C1/C=C/Sc1ccccc1. The molecule has 0 spiro atoms. The molecule has 0 aliphatic heterocycles. The highest BCUT2D eigenvalue weighted by atomic mass is 32.2. The minimum absolute atomic E-state index is 0.808. The lowest BCUT2D eigenvalue weighted by Gasteiger charge is -2.46. The second-order valence-corrected chi connectivity index (χ2v) is 8.11. The second-order valence-electron chi connectivity index (χ2n) is 7.13. The van der Waals surface area contributed by atoms with E-state index in [2.05, 4.69) is 55.7 Å². The zero-order chi connectivity index (χ0) is 14.7. The first-order valence-electron chi connectivity index (χ1n) is 8.64. The van der Waals surface area contributed by atoms with Crippen molar-refractivity contribution in [3.63, 3.8) is 0 Å². The van der Waals surface area contributed by atoms with Gasteiger partial charge in [0.2, 0.25) is 0 Å². The van der Waals surface area contributed by atoms with Crippen molar-refractivity contribution < 1.29 is 0 Å². The van der Waals surface area contributed by atoms with Gasteiger partial charge in [0.1, 0.15) is 0 Å². The van der Waals surface area contributed by atoms with Crippen LogP contribution in [-0.4, -0.2) is 0 Å². The van der Waals surface area contributed by atoms with E-state index < -0.39 is 0 Å². The Bertz CT molecular complexity index is 464. The Morgan fingerprint density at radius 2 is 1.71 bits per heavy atom. The molecule has 0 saturated heterocycles. The third-order valence-corrected chi connectivity index (χ3v) is 6.67. The first kappa shape index (κ1) is 15.2. The summed E-state index contributed by atoms with van der Waals surface area (Å²) in [7, 11) is 0. The Kier molecular flexibility index (Phi) is 5.11. The predicted octanol–water partition coefficient (Wildman–Crippen LogP) is 6.39. The Labute approximate surface area is 134 Å². The van der Waals surface area contributed by atoms with E-state index in [0.29, 0.717) is 0 Å². The average Bonchev–Trinajstić information content (AvgIpc) is 2.51. The lowest BCUT2D eigenvalue weighted by molar-refractivity contribution is 0.0515. The van der Waals surface area contributed by atoms with Gasteiger partial charge in [-0.1, -0.05) is 62.7 Å². The molecule has 2 fully saturated rings. The van der Waals surface area contributed by atoms with E-state index in [4.69, 9.17) is 0 Å².